The van der Waals surface area contributed by atoms with E-state index in [-0.39, 0.29) is 11.6 Å². The maximum Gasteiger partial charge on any atom is 0.0566 e. The van der Waals surface area contributed by atoms with Gasteiger partial charge in [0.2, 0.25) is 0 Å². The standard InChI is InChI=1S/C16H28N2/c1-3-12-10-13(4-2)15(17)16(18,11-12)14-8-6-5-7-9-14/h10-11,14-15H,3-9,17-18H2,1-2H3. The Morgan fingerprint density at radius 3 is 2.39 bits per heavy atom. The van der Waals surface area contributed by atoms with Crippen molar-refractivity contribution in [3.8, 4) is 0 Å². The first-order valence-corrected chi connectivity index (χ1v) is 7.58. The number of rotatable bonds is 3. The fourth-order valence-electron chi connectivity index (χ4n) is 3.60. The molecular formula is C16H28N2. The van der Waals surface area contributed by atoms with Gasteiger partial charge in [-0.1, -0.05) is 56.4 Å². The van der Waals surface area contributed by atoms with Crippen LogP contribution in [0.1, 0.15) is 58.8 Å². The van der Waals surface area contributed by atoms with Crippen LogP contribution in [-0.2, 0) is 0 Å². The Morgan fingerprint density at radius 1 is 1.17 bits per heavy atom. The Bertz CT molecular complexity index is 350. The highest BCUT2D eigenvalue weighted by Gasteiger charge is 2.41. The first kappa shape index (κ1) is 13.8. The van der Waals surface area contributed by atoms with E-state index in [1.54, 1.807) is 0 Å². The minimum atomic E-state index is -0.300. The summed E-state index contributed by atoms with van der Waals surface area (Å²) in [7, 11) is 0. The van der Waals surface area contributed by atoms with Gasteiger partial charge in [0.05, 0.1) is 5.54 Å². The van der Waals surface area contributed by atoms with Crippen LogP contribution in [0, 0.1) is 5.92 Å². The largest absolute Gasteiger partial charge is 0.322 e. The first-order valence-electron chi connectivity index (χ1n) is 7.58. The van der Waals surface area contributed by atoms with Crippen molar-refractivity contribution in [3.05, 3.63) is 23.3 Å². The second-order valence-corrected chi connectivity index (χ2v) is 5.96. The Morgan fingerprint density at radius 2 is 1.83 bits per heavy atom. The summed E-state index contributed by atoms with van der Waals surface area (Å²) in [6.07, 6.45) is 13.1. The molecule has 2 nitrogen and oxygen atoms in total. The zero-order valence-corrected chi connectivity index (χ0v) is 11.9. The SMILES string of the molecule is CCC1=CC(N)(C2CCCCC2)C(N)C(CC)=C1. The topological polar surface area (TPSA) is 52.0 Å². The summed E-state index contributed by atoms with van der Waals surface area (Å²) in [5.74, 6) is 0.568. The van der Waals surface area contributed by atoms with Gasteiger partial charge in [0.25, 0.3) is 0 Å². The summed E-state index contributed by atoms with van der Waals surface area (Å²) in [6, 6.07) is 0.0147. The normalized spacial score (nSPS) is 34.1. The molecule has 2 aliphatic carbocycles. The third-order valence-electron chi connectivity index (χ3n) is 4.87. The predicted molar refractivity (Wildman–Crippen MR) is 78.2 cm³/mol. The molecule has 1 fully saturated rings. The van der Waals surface area contributed by atoms with Gasteiger partial charge in [-0.3, -0.25) is 0 Å². The number of nitrogens with two attached hydrogens (primary N) is 2. The van der Waals surface area contributed by atoms with E-state index in [9.17, 15) is 0 Å². The van der Waals surface area contributed by atoms with Gasteiger partial charge in [-0.15, -0.1) is 0 Å². The van der Waals surface area contributed by atoms with Crippen molar-refractivity contribution in [3.63, 3.8) is 0 Å². The quantitative estimate of drug-likeness (QED) is 0.805. The van der Waals surface area contributed by atoms with Crippen molar-refractivity contribution in [2.24, 2.45) is 17.4 Å². The zero-order chi connectivity index (χ0) is 13.2. The van der Waals surface area contributed by atoms with Gasteiger partial charge in [0, 0.05) is 6.04 Å². The van der Waals surface area contributed by atoms with Crippen molar-refractivity contribution < 1.29 is 0 Å². The fraction of sp³-hybridized carbons (Fsp3) is 0.750. The summed E-state index contributed by atoms with van der Waals surface area (Å²) in [4.78, 5) is 0. The number of hydrogen-bond acceptors (Lipinski definition) is 2. The van der Waals surface area contributed by atoms with Crippen LogP contribution in [0.5, 0.6) is 0 Å². The van der Waals surface area contributed by atoms with Crippen LogP contribution in [0.25, 0.3) is 0 Å². The lowest BCUT2D eigenvalue weighted by Crippen LogP contribution is -2.61. The maximum absolute atomic E-state index is 6.77. The molecule has 0 aromatic rings. The van der Waals surface area contributed by atoms with E-state index < -0.39 is 0 Å². The van der Waals surface area contributed by atoms with Gasteiger partial charge in [0.15, 0.2) is 0 Å². The minimum absolute atomic E-state index is 0.0147. The van der Waals surface area contributed by atoms with Crippen LogP contribution in [0.3, 0.4) is 0 Å². The maximum atomic E-state index is 6.77. The van der Waals surface area contributed by atoms with E-state index in [0.717, 1.165) is 12.8 Å². The molecule has 0 heterocycles. The van der Waals surface area contributed by atoms with Crippen molar-refractivity contribution in [1.82, 2.24) is 0 Å². The van der Waals surface area contributed by atoms with E-state index in [0.29, 0.717) is 5.92 Å². The molecule has 0 aromatic heterocycles. The second kappa shape index (κ2) is 5.58. The van der Waals surface area contributed by atoms with Crippen molar-refractivity contribution in [2.45, 2.75) is 70.4 Å². The lowest BCUT2D eigenvalue weighted by Gasteiger charge is -2.45. The number of hydrogen-bond donors (Lipinski definition) is 2. The van der Waals surface area contributed by atoms with E-state index in [1.807, 2.05) is 0 Å². The highest BCUT2D eigenvalue weighted by Crippen LogP contribution is 2.39. The Labute approximate surface area is 112 Å². The predicted octanol–water partition coefficient (Wildman–Crippen LogP) is 3.28. The van der Waals surface area contributed by atoms with Crippen LogP contribution >= 0.6 is 0 Å². The van der Waals surface area contributed by atoms with Crippen molar-refractivity contribution in [2.75, 3.05) is 0 Å². The Kier molecular flexibility index (Phi) is 4.29. The van der Waals surface area contributed by atoms with Crippen LogP contribution in [-0.4, -0.2) is 11.6 Å². The van der Waals surface area contributed by atoms with Crippen LogP contribution in [0.2, 0.25) is 0 Å². The molecule has 1 saturated carbocycles. The van der Waals surface area contributed by atoms with Crippen LogP contribution in [0.15, 0.2) is 23.3 Å². The lowest BCUT2D eigenvalue weighted by molar-refractivity contribution is 0.224. The highest BCUT2D eigenvalue weighted by molar-refractivity contribution is 5.40. The first-order chi connectivity index (χ1) is 8.61. The smallest absolute Gasteiger partial charge is 0.0566 e. The molecule has 0 amide bonds. The summed E-state index contributed by atoms with van der Waals surface area (Å²) >= 11 is 0. The molecule has 0 aliphatic heterocycles. The van der Waals surface area contributed by atoms with Gasteiger partial charge in [-0.25, -0.2) is 0 Å². The van der Waals surface area contributed by atoms with Crippen molar-refractivity contribution >= 4 is 0 Å². The molecule has 2 rings (SSSR count). The molecule has 0 aromatic carbocycles. The Hall–Kier alpha value is -0.600. The molecule has 102 valence electrons. The van der Waals surface area contributed by atoms with Gasteiger partial charge in [0.1, 0.15) is 0 Å². The monoisotopic (exact) mass is 248 g/mol. The molecule has 0 bridgehead atoms. The molecule has 2 aliphatic rings. The minimum Gasteiger partial charge on any atom is -0.322 e. The average molecular weight is 248 g/mol. The van der Waals surface area contributed by atoms with Gasteiger partial charge in [-0.2, -0.15) is 0 Å². The van der Waals surface area contributed by atoms with E-state index in [4.69, 9.17) is 11.5 Å². The van der Waals surface area contributed by atoms with Crippen molar-refractivity contribution in [1.29, 1.82) is 0 Å². The lowest BCUT2D eigenvalue weighted by atomic mass is 9.66. The number of allylic oxidation sites excluding steroid dienone is 2. The summed E-state index contributed by atoms with van der Waals surface area (Å²) in [6.45, 7) is 4.39. The molecule has 0 radical (unpaired) electrons. The molecule has 18 heavy (non-hydrogen) atoms. The zero-order valence-electron chi connectivity index (χ0n) is 11.9. The molecule has 0 saturated heterocycles. The molecule has 2 atom stereocenters. The van der Waals surface area contributed by atoms with E-state index in [1.165, 1.54) is 43.3 Å². The summed E-state index contributed by atoms with van der Waals surface area (Å²) in [5.41, 5.74) is 15.7. The Balaban J connectivity index is 2.29. The third-order valence-corrected chi connectivity index (χ3v) is 4.87. The molecule has 2 unspecified atom stereocenters. The second-order valence-electron chi connectivity index (χ2n) is 5.96. The fourth-order valence-corrected chi connectivity index (χ4v) is 3.60. The molecule has 0 spiro atoms. The van der Waals surface area contributed by atoms with Gasteiger partial charge in [-0.05, 0) is 31.6 Å². The average Bonchev–Trinajstić information content (AvgIpc) is 2.42. The van der Waals surface area contributed by atoms with E-state index >= 15 is 0 Å². The summed E-state index contributed by atoms with van der Waals surface area (Å²) < 4.78 is 0. The van der Waals surface area contributed by atoms with Gasteiger partial charge >= 0.3 is 0 Å². The molecular weight excluding hydrogens is 220 g/mol. The van der Waals surface area contributed by atoms with Crippen LogP contribution in [0.4, 0.5) is 0 Å². The van der Waals surface area contributed by atoms with Crippen LogP contribution < -0.4 is 11.5 Å². The van der Waals surface area contributed by atoms with E-state index in [2.05, 4.69) is 26.0 Å². The summed E-state index contributed by atoms with van der Waals surface area (Å²) in [5, 5.41) is 0. The highest BCUT2D eigenvalue weighted by atomic mass is 14.9. The van der Waals surface area contributed by atoms with Gasteiger partial charge < -0.3 is 11.5 Å². The molecule has 2 heteroatoms. The third kappa shape index (κ3) is 2.41. The molecule has 4 N–H and O–H groups in total.